The van der Waals surface area contributed by atoms with E-state index in [1.54, 1.807) is 4.68 Å². The van der Waals surface area contributed by atoms with Crippen LogP contribution in [0.4, 0.5) is 0 Å². The van der Waals surface area contributed by atoms with Crippen molar-refractivity contribution in [2.75, 3.05) is 13.6 Å². The zero-order valence-corrected chi connectivity index (χ0v) is 12.5. The normalized spacial score (nSPS) is 26.6. The molecule has 1 aliphatic rings. The minimum absolute atomic E-state index is 0.505. The molecule has 1 saturated carbocycles. The fourth-order valence-corrected chi connectivity index (χ4v) is 3.00. The summed E-state index contributed by atoms with van der Waals surface area (Å²) in [6.45, 7) is 4.29. The zero-order chi connectivity index (χ0) is 14.6. The monoisotopic (exact) mass is 275 g/mol. The number of hydrogen-bond donors (Lipinski definition) is 1. The van der Waals surface area contributed by atoms with Crippen molar-refractivity contribution in [3.8, 4) is 12.3 Å². The van der Waals surface area contributed by atoms with Gasteiger partial charge in [-0.1, -0.05) is 12.8 Å². The predicted octanol–water partition coefficient (Wildman–Crippen LogP) is 1.89. The minimum atomic E-state index is -0.518. The highest BCUT2D eigenvalue weighted by molar-refractivity contribution is 5.05. The van der Waals surface area contributed by atoms with Gasteiger partial charge in [0.2, 0.25) is 0 Å². The van der Waals surface area contributed by atoms with Crippen LogP contribution in [0, 0.1) is 18.3 Å². The van der Waals surface area contributed by atoms with Crippen LogP contribution in [0.15, 0.2) is 12.4 Å². The molecule has 0 radical (unpaired) electrons. The lowest BCUT2D eigenvalue weighted by atomic mass is 9.79. The van der Waals surface area contributed by atoms with E-state index in [0.717, 1.165) is 50.3 Å². The summed E-state index contributed by atoms with van der Waals surface area (Å²) in [5.74, 6) is 3.33. The van der Waals surface area contributed by atoms with Gasteiger partial charge < -0.3 is 5.11 Å². The van der Waals surface area contributed by atoms with Crippen LogP contribution in [0.5, 0.6) is 0 Å². The summed E-state index contributed by atoms with van der Waals surface area (Å²) in [4.78, 5) is 2.17. The molecule has 1 heterocycles. The highest BCUT2D eigenvalue weighted by Crippen LogP contribution is 2.32. The van der Waals surface area contributed by atoms with E-state index in [-0.39, 0.29) is 0 Å². The van der Waals surface area contributed by atoms with E-state index >= 15 is 0 Å². The third kappa shape index (κ3) is 4.09. The van der Waals surface area contributed by atoms with Gasteiger partial charge in [-0.25, -0.2) is 0 Å². The predicted molar refractivity (Wildman–Crippen MR) is 80.0 cm³/mol. The number of likely N-dealkylation sites (N-methyl/N-ethyl adjacent to an activating group) is 1. The Hall–Kier alpha value is -1.31. The van der Waals surface area contributed by atoms with Gasteiger partial charge in [-0.15, -0.1) is 6.42 Å². The molecular formula is C16H25N3O. The Bertz CT molecular complexity index is 466. The van der Waals surface area contributed by atoms with Gasteiger partial charge in [0.1, 0.15) is 6.54 Å². The Kier molecular flexibility index (Phi) is 4.85. The number of aromatic nitrogens is 2. The van der Waals surface area contributed by atoms with Crippen molar-refractivity contribution >= 4 is 0 Å². The molecule has 1 aromatic rings. The van der Waals surface area contributed by atoms with Crippen LogP contribution in [-0.2, 0) is 13.1 Å². The number of rotatable bonds is 5. The zero-order valence-electron chi connectivity index (χ0n) is 12.5. The quantitative estimate of drug-likeness (QED) is 0.834. The van der Waals surface area contributed by atoms with Crippen molar-refractivity contribution in [2.24, 2.45) is 5.92 Å². The van der Waals surface area contributed by atoms with Crippen molar-refractivity contribution in [2.45, 2.75) is 51.3 Å². The van der Waals surface area contributed by atoms with Crippen molar-refractivity contribution in [1.29, 1.82) is 0 Å². The Morgan fingerprint density at radius 1 is 1.55 bits per heavy atom. The molecule has 0 bridgehead atoms. The second-order valence-electron chi connectivity index (χ2n) is 6.33. The van der Waals surface area contributed by atoms with Crippen LogP contribution in [-0.4, -0.2) is 39.0 Å². The molecule has 0 amide bonds. The van der Waals surface area contributed by atoms with Crippen molar-refractivity contribution in [1.82, 2.24) is 14.7 Å². The maximum Gasteiger partial charge on any atom is 0.101 e. The van der Waals surface area contributed by atoms with Gasteiger partial charge in [-0.3, -0.25) is 9.58 Å². The van der Waals surface area contributed by atoms with E-state index in [1.807, 2.05) is 12.4 Å². The number of terminal acetylenes is 1. The summed E-state index contributed by atoms with van der Waals surface area (Å²) in [5.41, 5.74) is 0.617. The van der Waals surface area contributed by atoms with E-state index in [1.165, 1.54) is 0 Å². The van der Waals surface area contributed by atoms with Crippen molar-refractivity contribution < 1.29 is 5.11 Å². The molecule has 2 rings (SSSR count). The molecule has 0 unspecified atom stereocenters. The highest BCUT2D eigenvalue weighted by Gasteiger charge is 2.32. The highest BCUT2D eigenvalue weighted by atomic mass is 16.3. The fraction of sp³-hybridized carbons (Fsp3) is 0.688. The van der Waals surface area contributed by atoms with Crippen LogP contribution >= 0.6 is 0 Å². The van der Waals surface area contributed by atoms with Gasteiger partial charge in [0.15, 0.2) is 0 Å². The first-order valence-electron chi connectivity index (χ1n) is 7.36. The van der Waals surface area contributed by atoms with E-state index in [4.69, 9.17) is 6.42 Å². The first-order chi connectivity index (χ1) is 9.50. The average Bonchev–Trinajstić information content (AvgIpc) is 2.81. The number of nitrogens with zero attached hydrogens (tertiary/aromatic N) is 3. The summed E-state index contributed by atoms with van der Waals surface area (Å²) in [6.07, 6.45) is 13.2. The summed E-state index contributed by atoms with van der Waals surface area (Å²) in [7, 11) is 2.05. The summed E-state index contributed by atoms with van der Waals surface area (Å²) >= 11 is 0. The molecule has 1 aliphatic carbocycles. The van der Waals surface area contributed by atoms with Gasteiger partial charge in [-0.2, -0.15) is 5.10 Å². The molecule has 20 heavy (non-hydrogen) atoms. The lowest BCUT2D eigenvalue weighted by Gasteiger charge is -2.37. The van der Waals surface area contributed by atoms with Crippen LogP contribution in [0.2, 0.25) is 0 Å². The molecular weight excluding hydrogens is 250 g/mol. The fourth-order valence-electron chi connectivity index (χ4n) is 3.00. The summed E-state index contributed by atoms with van der Waals surface area (Å²) in [6, 6.07) is 0. The molecule has 1 fully saturated rings. The van der Waals surface area contributed by atoms with E-state index in [0.29, 0.717) is 6.54 Å². The second-order valence-corrected chi connectivity index (χ2v) is 6.33. The number of aliphatic hydroxyl groups is 1. The van der Waals surface area contributed by atoms with E-state index < -0.39 is 5.60 Å². The Morgan fingerprint density at radius 2 is 2.25 bits per heavy atom. The van der Waals surface area contributed by atoms with Crippen LogP contribution in [0.1, 0.15) is 38.2 Å². The van der Waals surface area contributed by atoms with Crippen LogP contribution in [0.25, 0.3) is 0 Å². The molecule has 1 aromatic heterocycles. The molecule has 110 valence electrons. The van der Waals surface area contributed by atoms with Gasteiger partial charge in [0.25, 0.3) is 0 Å². The summed E-state index contributed by atoms with van der Waals surface area (Å²) < 4.78 is 1.76. The molecule has 0 aliphatic heterocycles. The molecule has 1 N–H and O–H groups in total. The van der Waals surface area contributed by atoms with Crippen LogP contribution < -0.4 is 0 Å². The third-order valence-corrected chi connectivity index (χ3v) is 4.16. The largest absolute Gasteiger partial charge is 0.389 e. The van der Waals surface area contributed by atoms with Gasteiger partial charge in [-0.05, 0) is 38.6 Å². The van der Waals surface area contributed by atoms with E-state index in [9.17, 15) is 5.11 Å². The second kappa shape index (κ2) is 6.43. The van der Waals surface area contributed by atoms with Gasteiger partial charge in [0.05, 0.1) is 11.8 Å². The minimum Gasteiger partial charge on any atom is -0.389 e. The van der Waals surface area contributed by atoms with E-state index in [2.05, 4.69) is 29.9 Å². The van der Waals surface area contributed by atoms with Crippen LogP contribution in [0.3, 0.4) is 0 Å². The SMILES string of the molecule is C#CCn1cc(CN(C)CC2(O)CCC(C)CC2)cn1. The molecule has 0 aromatic carbocycles. The smallest absolute Gasteiger partial charge is 0.101 e. The maximum absolute atomic E-state index is 10.6. The standard InChI is InChI=1S/C16H25N3O/c1-4-9-19-12-15(10-17-19)11-18(3)13-16(20)7-5-14(2)6-8-16/h1,10,12,14,20H,5-9,11,13H2,2-3H3. The summed E-state index contributed by atoms with van der Waals surface area (Å²) in [5, 5.41) is 14.9. The van der Waals surface area contributed by atoms with Gasteiger partial charge >= 0.3 is 0 Å². The Labute approximate surface area is 121 Å². The molecule has 0 saturated heterocycles. The molecule has 0 spiro atoms. The van der Waals surface area contributed by atoms with Crippen molar-refractivity contribution in [3.63, 3.8) is 0 Å². The average molecular weight is 275 g/mol. The first-order valence-corrected chi connectivity index (χ1v) is 7.36. The van der Waals surface area contributed by atoms with Gasteiger partial charge in [0, 0.05) is 24.8 Å². The third-order valence-electron chi connectivity index (χ3n) is 4.16. The first kappa shape index (κ1) is 15.1. The lowest BCUT2D eigenvalue weighted by molar-refractivity contribution is -0.0315. The Balaban J connectivity index is 1.85. The van der Waals surface area contributed by atoms with Crippen molar-refractivity contribution in [3.05, 3.63) is 18.0 Å². The number of hydrogen-bond acceptors (Lipinski definition) is 3. The maximum atomic E-state index is 10.6. The molecule has 0 atom stereocenters. The molecule has 4 nitrogen and oxygen atoms in total. The Morgan fingerprint density at radius 3 is 2.90 bits per heavy atom. The molecule has 4 heteroatoms. The lowest BCUT2D eigenvalue weighted by Crippen LogP contribution is -2.43. The topological polar surface area (TPSA) is 41.3 Å².